The Morgan fingerprint density at radius 1 is 1.11 bits per heavy atom. The minimum absolute atomic E-state index is 0.0362. The molecule has 35 heavy (non-hydrogen) atoms. The molecule has 1 saturated heterocycles. The van der Waals surface area contributed by atoms with E-state index in [1.54, 1.807) is 24.7 Å². The van der Waals surface area contributed by atoms with Crippen molar-refractivity contribution in [2.24, 2.45) is 0 Å². The third-order valence-corrected chi connectivity index (χ3v) is 6.75. The van der Waals surface area contributed by atoms with Crippen molar-refractivity contribution in [3.8, 4) is 23.1 Å². The lowest BCUT2D eigenvalue weighted by atomic mass is 10.0. The van der Waals surface area contributed by atoms with Crippen LogP contribution in [-0.2, 0) is 12.8 Å². The summed E-state index contributed by atoms with van der Waals surface area (Å²) in [6.45, 7) is 5.56. The fraction of sp³-hybridized carbons (Fsp3) is 0.357. The Bertz CT molecular complexity index is 1280. The predicted molar refractivity (Wildman–Crippen MR) is 139 cm³/mol. The van der Waals surface area contributed by atoms with Crippen molar-refractivity contribution in [3.05, 3.63) is 76.0 Å². The van der Waals surface area contributed by atoms with Crippen LogP contribution in [0.25, 0.3) is 11.3 Å². The lowest BCUT2D eigenvalue weighted by Crippen LogP contribution is -2.34. The quantitative estimate of drug-likeness (QED) is 0.496. The van der Waals surface area contributed by atoms with Gasteiger partial charge >= 0.3 is 0 Å². The molecular formula is C28H30ClN5O. The third-order valence-electron chi connectivity index (χ3n) is 6.43. The molecule has 0 unspecified atom stereocenters. The lowest BCUT2D eigenvalue weighted by molar-refractivity contribution is 0.0783. The molecule has 1 aromatic carbocycles. The van der Waals surface area contributed by atoms with E-state index < -0.39 is 0 Å². The first-order chi connectivity index (χ1) is 16.9. The fourth-order valence-electron chi connectivity index (χ4n) is 4.24. The van der Waals surface area contributed by atoms with Crippen LogP contribution in [-0.4, -0.2) is 63.9 Å². The maximum atomic E-state index is 13.1. The molecule has 7 heteroatoms. The van der Waals surface area contributed by atoms with Crippen molar-refractivity contribution in [1.82, 2.24) is 24.8 Å². The number of pyridine rings is 1. The number of carbonyl (C=O) groups excluding carboxylic acids is 1. The Morgan fingerprint density at radius 3 is 2.57 bits per heavy atom. The molecule has 0 saturated carbocycles. The zero-order valence-electron chi connectivity index (χ0n) is 20.7. The molecule has 1 amide bonds. The average Bonchev–Trinajstić information content (AvgIpc) is 3.38. The number of hydrogen-bond donors (Lipinski definition) is 0. The van der Waals surface area contributed by atoms with Gasteiger partial charge < -0.3 is 9.80 Å². The number of nitrogens with zero attached hydrogens (tertiary/aromatic N) is 5. The number of likely N-dealkylation sites (tertiary alicyclic amines) is 1. The van der Waals surface area contributed by atoms with Gasteiger partial charge in [-0.15, -0.1) is 0 Å². The third kappa shape index (κ3) is 5.53. The van der Waals surface area contributed by atoms with E-state index in [9.17, 15) is 4.79 Å². The Hall–Kier alpha value is -3.27. The van der Waals surface area contributed by atoms with Gasteiger partial charge in [0, 0.05) is 42.1 Å². The van der Waals surface area contributed by atoms with E-state index in [-0.39, 0.29) is 5.91 Å². The van der Waals surface area contributed by atoms with Crippen LogP contribution in [0.5, 0.6) is 0 Å². The molecule has 0 bridgehead atoms. The van der Waals surface area contributed by atoms with Gasteiger partial charge in [-0.3, -0.25) is 9.78 Å². The highest BCUT2D eigenvalue weighted by Gasteiger charge is 2.29. The normalized spacial score (nSPS) is 15.3. The minimum atomic E-state index is -0.0362. The zero-order chi connectivity index (χ0) is 24.9. The summed E-state index contributed by atoms with van der Waals surface area (Å²) in [6, 6.07) is 9.83. The largest absolute Gasteiger partial charge is 0.337 e. The minimum Gasteiger partial charge on any atom is -0.337 e. The lowest BCUT2D eigenvalue weighted by Gasteiger charge is -2.21. The number of aryl methyl sites for hydroxylation is 2. The average molecular weight is 488 g/mol. The monoisotopic (exact) mass is 487 g/mol. The summed E-state index contributed by atoms with van der Waals surface area (Å²) in [5.74, 6) is 6.43. The molecule has 1 fully saturated rings. The molecule has 1 atom stereocenters. The Balaban J connectivity index is 1.65. The molecule has 0 aliphatic carbocycles. The summed E-state index contributed by atoms with van der Waals surface area (Å²) in [5, 5.41) is 0.413. The van der Waals surface area contributed by atoms with E-state index in [1.165, 1.54) is 0 Å². The summed E-state index contributed by atoms with van der Waals surface area (Å²) >= 11 is 6.63. The molecule has 0 radical (unpaired) electrons. The summed E-state index contributed by atoms with van der Waals surface area (Å²) in [6.07, 6.45) is 5.91. The molecule has 3 heterocycles. The van der Waals surface area contributed by atoms with E-state index >= 15 is 0 Å². The fourth-order valence-corrected chi connectivity index (χ4v) is 4.50. The number of amides is 1. The smallest absolute Gasteiger partial charge is 0.255 e. The summed E-state index contributed by atoms with van der Waals surface area (Å²) in [5.41, 5.74) is 5.51. The first-order valence-corrected chi connectivity index (χ1v) is 12.4. The Labute approximate surface area is 212 Å². The second-order valence-electron chi connectivity index (χ2n) is 8.89. The van der Waals surface area contributed by atoms with E-state index in [2.05, 4.69) is 38.6 Å². The van der Waals surface area contributed by atoms with Gasteiger partial charge in [-0.1, -0.05) is 43.4 Å². The summed E-state index contributed by atoms with van der Waals surface area (Å²) in [4.78, 5) is 30.6. The second kappa shape index (κ2) is 11.0. The molecule has 0 N–H and O–H groups in total. The van der Waals surface area contributed by atoms with Crippen molar-refractivity contribution in [2.75, 3.05) is 27.2 Å². The number of hydrogen-bond acceptors (Lipinski definition) is 5. The number of benzene rings is 1. The van der Waals surface area contributed by atoms with E-state index in [0.717, 1.165) is 53.9 Å². The van der Waals surface area contributed by atoms with Gasteiger partial charge in [0.25, 0.3) is 5.91 Å². The van der Waals surface area contributed by atoms with Crippen molar-refractivity contribution in [3.63, 3.8) is 0 Å². The van der Waals surface area contributed by atoms with Crippen LogP contribution in [0.2, 0.25) is 5.02 Å². The maximum absolute atomic E-state index is 13.1. The summed E-state index contributed by atoms with van der Waals surface area (Å²) < 4.78 is 0. The molecule has 1 aliphatic heterocycles. The number of aromatic nitrogens is 3. The second-order valence-corrected chi connectivity index (χ2v) is 9.30. The summed E-state index contributed by atoms with van der Waals surface area (Å²) in [7, 11) is 4.09. The SMILES string of the molecule is CCc1ccc(C#Cc2c(CC)ncnc2-c2ccc(C(=O)N3CC[C@@H](N(C)C)C3)c(Cl)c2)cn1. The molecular weight excluding hydrogens is 458 g/mol. The van der Waals surface area contributed by atoms with Crippen LogP contribution in [0.1, 0.15) is 53.1 Å². The van der Waals surface area contributed by atoms with Gasteiger partial charge in [-0.25, -0.2) is 9.97 Å². The Kier molecular flexibility index (Phi) is 7.80. The zero-order valence-corrected chi connectivity index (χ0v) is 21.4. The molecule has 1 aliphatic rings. The highest BCUT2D eigenvalue weighted by atomic mass is 35.5. The first kappa shape index (κ1) is 24.8. The van der Waals surface area contributed by atoms with Crippen molar-refractivity contribution < 1.29 is 4.79 Å². The van der Waals surface area contributed by atoms with Crippen LogP contribution in [0.4, 0.5) is 0 Å². The highest BCUT2D eigenvalue weighted by molar-refractivity contribution is 6.34. The number of likely N-dealkylation sites (N-methyl/N-ethyl adjacent to an activating group) is 1. The van der Waals surface area contributed by atoms with E-state index in [0.29, 0.717) is 28.9 Å². The first-order valence-electron chi connectivity index (χ1n) is 12.0. The van der Waals surface area contributed by atoms with Gasteiger partial charge in [-0.05, 0) is 57.6 Å². The standard InChI is InChI=1S/C28H30ClN5O/c1-5-21-10-7-19(16-30-21)8-11-24-26(6-2)31-18-32-27(24)20-9-12-23(25(29)15-20)28(35)34-14-13-22(17-34)33(3)4/h7,9-10,12,15-16,18,22H,5-6,13-14,17H2,1-4H3/t22-/m1/s1. The van der Waals surface area contributed by atoms with Crippen LogP contribution in [0.3, 0.4) is 0 Å². The van der Waals surface area contributed by atoms with Gasteiger partial charge in [-0.2, -0.15) is 0 Å². The van der Waals surface area contributed by atoms with Crippen LogP contribution in [0, 0.1) is 11.8 Å². The van der Waals surface area contributed by atoms with Crippen LogP contribution in [0.15, 0.2) is 42.9 Å². The van der Waals surface area contributed by atoms with Crippen LogP contribution >= 0.6 is 11.6 Å². The topological polar surface area (TPSA) is 62.2 Å². The van der Waals surface area contributed by atoms with Gasteiger partial charge in [0.05, 0.1) is 27.5 Å². The molecule has 4 rings (SSSR count). The molecule has 180 valence electrons. The Morgan fingerprint density at radius 2 is 1.94 bits per heavy atom. The highest BCUT2D eigenvalue weighted by Crippen LogP contribution is 2.29. The maximum Gasteiger partial charge on any atom is 0.255 e. The van der Waals surface area contributed by atoms with Crippen LogP contribution < -0.4 is 0 Å². The van der Waals surface area contributed by atoms with E-state index in [1.807, 2.05) is 44.1 Å². The molecule has 6 nitrogen and oxygen atoms in total. The van der Waals surface area contributed by atoms with Crippen molar-refractivity contribution >= 4 is 17.5 Å². The number of rotatable bonds is 5. The molecule has 2 aromatic heterocycles. The van der Waals surface area contributed by atoms with Gasteiger partial charge in [0.2, 0.25) is 0 Å². The van der Waals surface area contributed by atoms with Crippen molar-refractivity contribution in [2.45, 2.75) is 39.2 Å². The van der Waals surface area contributed by atoms with Gasteiger partial charge in [0.1, 0.15) is 6.33 Å². The number of halogens is 1. The molecule has 0 spiro atoms. The number of carbonyl (C=O) groups is 1. The van der Waals surface area contributed by atoms with Crippen molar-refractivity contribution in [1.29, 1.82) is 0 Å². The van der Waals surface area contributed by atoms with Gasteiger partial charge in [0.15, 0.2) is 0 Å². The molecule has 3 aromatic rings. The predicted octanol–water partition coefficient (Wildman–Crippen LogP) is 4.49. The van der Waals surface area contributed by atoms with E-state index in [4.69, 9.17) is 11.6 Å².